The predicted molar refractivity (Wildman–Crippen MR) is 98.5 cm³/mol. The molecule has 2 aliphatic rings. The smallest absolute Gasteiger partial charge is 0.250 e. The molecule has 1 fully saturated rings. The Balaban J connectivity index is 1.36. The average molecular weight is 357 g/mol. The highest BCUT2D eigenvalue weighted by molar-refractivity contribution is 7.10. The molecule has 132 valence electrons. The summed E-state index contributed by atoms with van der Waals surface area (Å²) < 4.78 is 1.58. The van der Waals surface area contributed by atoms with E-state index in [1.54, 1.807) is 29.0 Å². The molecule has 25 heavy (non-hydrogen) atoms. The molecule has 2 aromatic rings. The van der Waals surface area contributed by atoms with Crippen molar-refractivity contribution in [2.24, 2.45) is 13.0 Å². The Labute approximate surface area is 151 Å². The van der Waals surface area contributed by atoms with Gasteiger partial charge in [-0.2, -0.15) is 0 Å². The lowest BCUT2D eigenvalue weighted by Crippen LogP contribution is -2.40. The summed E-state index contributed by atoms with van der Waals surface area (Å²) in [6.45, 7) is 4.07. The molecule has 2 aliphatic heterocycles. The topological polar surface area (TPSA) is 45.6 Å². The normalized spacial score (nSPS) is 20.7. The van der Waals surface area contributed by atoms with Crippen LogP contribution in [0.3, 0.4) is 0 Å². The monoisotopic (exact) mass is 357 g/mol. The van der Waals surface area contributed by atoms with Gasteiger partial charge in [0.15, 0.2) is 0 Å². The van der Waals surface area contributed by atoms with E-state index < -0.39 is 0 Å². The van der Waals surface area contributed by atoms with Crippen molar-refractivity contribution in [1.29, 1.82) is 0 Å². The van der Waals surface area contributed by atoms with Crippen molar-refractivity contribution in [1.82, 2.24) is 14.4 Å². The molecule has 0 radical (unpaired) electrons. The maximum Gasteiger partial charge on any atom is 0.250 e. The molecule has 4 rings (SSSR count). The molecule has 1 amide bonds. The first-order valence-electron chi connectivity index (χ1n) is 8.82. The number of nitrogens with zero attached hydrogens (tertiary/aromatic N) is 3. The zero-order valence-electron chi connectivity index (χ0n) is 14.5. The molecule has 4 heterocycles. The number of amides is 1. The lowest BCUT2D eigenvalue weighted by atomic mass is 10.0. The summed E-state index contributed by atoms with van der Waals surface area (Å²) in [5, 5.41) is 2.13. The number of rotatable bonds is 3. The molecule has 0 bridgehead atoms. The molecule has 0 saturated carbocycles. The van der Waals surface area contributed by atoms with E-state index in [1.165, 1.54) is 10.4 Å². The first kappa shape index (κ1) is 16.5. The molecule has 6 heteroatoms. The highest BCUT2D eigenvalue weighted by atomic mass is 32.1. The summed E-state index contributed by atoms with van der Waals surface area (Å²) in [6.07, 6.45) is 3.71. The lowest BCUT2D eigenvalue weighted by Gasteiger charge is -2.29. The SMILES string of the molecule is Cn1ccc(CN2CCC(C(=O)N3CCc4sccc4C3)C2)cc1=O. The van der Waals surface area contributed by atoms with Gasteiger partial charge in [0.25, 0.3) is 5.56 Å². The number of aryl methyl sites for hydroxylation is 1. The van der Waals surface area contributed by atoms with Crippen molar-refractivity contribution in [3.05, 3.63) is 56.1 Å². The van der Waals surface area contributed by atoms with Crippen molar-refractivity contribution >= 4 is 17.2 Å². The van der Waals surface area contributed by atoms with Crippen molar-refractivity contribution in [2.75, 3.05) is 19.6 Å². The number of thiophene rings is 1. The second-order valence-corrected chi connectivity index (χ2v) is 8.08. The fraction of sp³-hybridized carbons (Fsp3) is 0.474. The Morgan fingerprint density at radius 3 is 3.04 bits per heavy atom. The molecule has 1 atom stereocenters. The minimum Gasteiger partial charge on any atom is -0.338 e. The maximum absolute atomic E-state index is 12.9. The van der Waals surface area contributed by atoms with E-state index in [-0.39, 0.29) is 11.5 Å². The number of likely N-dealkylation sites (tertiary alicyclic amines) is 1. The van der Waals surface area contributed by atoms with E-state index in [4.69, 9.17) is 0 Å². The molecule has 5 nitrogen and oxygen atoms in total. The van der Waals surface area contributed by atoms with Crippen LogP contribution < -0.4 is 5.56 Å². The van der Waals surface area contributed by atoms with Gasteiger partial charge in [-0.3, -0.25) is 14.5 Å². The van der Waals surface area contributed by atoms with E-state index in [0.717, 1.165) is 51.1 Å². The second-order valence-electron chi connectivity index (χ2n) is 7.08. The van der Waals surface area contributed by atoms with Crippen LogP contribution in [-0.2, 0) is 31.4 Å². The maximum atomic E-state index is 12.9. The van der Waals surface area contributed by atoms with Gasteiger partial charge >= 0.3 is 0 Å². The van der Waals surface area contributed by atoms with Gasteiger partial charge in [-0.25, -0.2) is 0 Å². The van der Waals surface area contributed by atoms with Crippen LogP contribution in [0.4, 0.5) is 0 Å². The number of hydrogen-bond acceptors (Lipinski definition) is 4. The third-order valence-electron chi connectivity index (χ3n) is 5.32. The van der Waals surface area contributed by atoms with E-state index in [1.807, 2.05) is 17.2 Å². The number of carbonyl (C=O) groups is 1. The standard InChI is InChI=1S/C19H23N3O2S/c1-20-6-2-14(10-18(20)23)11-21-7-3-16(12-21)19(24)22-8-4-17-15(13-22)5-9-25-17/h2,5-6,9-10,16H,3-4,7-8,11-13H2,1H3. The third kappa shape index (κ3) is 3.41. The molecule has 2 aromatic heterocycles. The van der Waals surface area contributed by atoms with Gasteiger partial charge in [0.1, 0.15) is 0 Å². The predicted octanol–water partition coefficient (Wildman–Crippen LogP) is 1.85. The fourth-order valence-electron chi connectivity index (χ4n) is 3.82. The van der Waals surface area contributed by atoms with E-state index in [9.17, 15) is 9.59 Å². The highest BCUT2D eigenvalue weighted by Crippen LogP contribution is 2.27. The highest BCUT2D eigenvalue weighted by Gasteiger charge is 2.32. The zero-order chi connectivity index (χ0) is 17.4. The lowest BCUT2D eigenvalue weighted by molar-refractivity contribution is -0.136. The molecule has 0 spiro atoms. The quantitative estimate of drug-likeness (QED) is 0.842. The van der Waals surface area contributed by atoms with Gasteiger partial charge in [0.2, 0.25) is 5.91 Å². The minimum atomic E-state index is 0.0178. The van der Waals surface area contributed by atoms with Crippen LogP contribution in [0.1, 0.15) is 22.4 Å². The Kier molecular flexibility index (Phi) is 4.48. The van der Waals surface area contributed by atoms with Gasteiger partial charge in [0.05, 0.1) is 5.92 Å². The first-order valence-corrected chi connectivity index (χ1v) is 9.70. The van der Waals surface area contributed by atoms with Crippen molar-refractivity contribution in [3.8, 4) is 0 Å². The summed E-state index contributed by atoms with van der Waals surface area (Å²) in [6, 6.07) is 5.83. The van der Waals surface area contributed by atoms with Crippen molar-refractivity contribution < 1.29 is 4.79 Å². The number of aromatic nitrogens is 1. The first-order chi connectivity index (χ1) is 12.1. The van der Waals surface area contributed by atoms with Crippen LogP contribution in [0, 0.1) is 5.92 Å². The van der Waals surface area contributed by atoms with E-state index in [2.05, 4.69) is 16.3 Å². The molecule has 0 N–H and O–H groups in total. The molecular formula is C19H23N3O2S. The van der Waals surface area contributed by atoms with Crippen LogP contribution in [0.5, 0.6) is 0 Å². The third-order valence-corrected chi connectivity index (χ3v) is 6.34. The number of fused-ring (bicyclic) bond motifs is 1. The summed E-state index contributed by atoms with van der Waals surface area (Å²) in [4.78, 5) is 30.4. The molecule has 0 aromatic carbocycles. The van der Waals surface area contributed by atoms with Gasteiger partial charge in [0, 0.05) is 50.4 Å². The Morgan fingerprint density at radius 2 is 2.20 bits per heavy atom. The van der Waals surface area contributed by atoms with E-state index >= 15 is 0 Å². The van der Waals surface area contributed by atoms with Gasteiger partial charge in [-0.1, -0.05) is 0 Å². The van der Waals surface area contributed by atoms with Crippen LogP contribution in [-0.4, -0.2) is 39.9 Å². The van der Waals surface area contributed by atoms with Crippen LogP contribution in [0.15, 0.2) is 34.6 Å². The minimum absolute atomic E-state index is 0.0178. The van der Waals surface area contributed by atoms with Gasteiger partial charge < -0.3 is 9.47 Å². The van der Waals surface area contributed by atoms with Crippen LogP contribution in [0.25, 0.3) is 0 Å². The summed E-state index contributed by atoms with van der Waals surface area (Å²) >= 11 is 1.80. The van der Waals surface area contributed by atoms with Crippen molar-refractivity contribution in [3.63, 3.8) is 0 Å². The van der Waals surface area contributed by atoms with Gasteiger partial charge in [-0.05, 0) is 48.0 Å². The second kappa shape index (κ2) is 6.77. The van der Waals surface area contributed by atoms with Crippen LogP contribution in [0.2, 0.25) is 0 Å². The van der Waals surface area contributed by atoms with E-state index in [0.29, 0.717) is 5.91 Å². The Hall–Kier alpha value is -1.92. The number of carbonyl (C=O) groups excluding carboxylic acids is 1. The molecule has 1 unspecified atom stereocenters. The zero-order valence-corrected chi connectivity index (χ0v) is 15.3. The fourth-order valence-corrected chi connectivity index (χ4v) is 4.71. The Bertz CT molecular complexity index is 841. The number of hydrogen-bond donors (Lipinski definition) is 0. The van der Waals surface area contributed by atoms with Crippen molar-refractivity contribution in [2.45, 2.75) is 25.9 Å². The average Bonchev–Trinajstić information content (AvgIpc) is 3.26. The molecule has 1 saturated heterocycles. The van der Waals surface area contributed by atoms with Gasteiger partial charge in [-0.15, -0.1) is 11.3 Å². The molecular weight excluding hydrogens is 334 g/mol. The summed E-state index contributed by atoms with van der Waals surface area (Å²) in [5.74, 6) is 0.384. The van der Waals surface area contributed by atoms with Crippen LogP contribution >= 0.6 is 11.3 Å². The summed E-state index contributed by atoms with van der Waals surface area (Å²) in [7, 11) is 1.76. The number of pyridine rings is 1. The Morgan fingerprint density at radius 1 is 1.32 bits per heavy atom. The summed E-state index contributed by atoms with van der Waals surface area (Å²) in [5.41, 5.74) is 2.36. The largest absolute Gasteiger partial charge is 0.338 e. The molecule has 0 aliphatic carbocycles.